The van der Waals surface area contributed by atoms with Gasteiger partial charge in [0.25, 0.3) is 0 Å². The Balaban J connectivity index is 2.30. The SMILES string of the molecule is CCC(=O)N1CCN(CC)CC1. The van der Waals surface area contributed by atoms with Crippen LogP contribution in [-0.4, -0.2) is 48.4 Å². The summed E-state index contributed by atoms with van der Waals surface area (Å²) in [6.07, 6.45) is 0.645. The summed E-state index contributed by atoms with van der Waals surface area (Å²) in [6, 6.07) is 0. The standard InChI is InChI=1S/C9H18N2O/c1-3-9(12)11-7-5-10(4-2)6-8-11/h3-8H2,1-2H3. The third kappa shape index (κ3) is 2.21. The van der Waals surface area contributed by atoms with Crippen molar-refractivity contribution in [3.63, 3.8) is 0 Å². The Morgan fingerprint density at radius 2 is 1.75 bits per heavy atom. The van der Waals surface area contributed by atoms with Crippen LogP contribution in [0.4, 0.5) is 0 Å². The van der Waals surface area contributed by atoms with E-state index in [-0.39, 0.29) is 0 Å². The molecule has 0 aromatic carbocycles. The second-order valence-electron chi connectivity index (χ2n) is 3.17. The van der Waals surface area contributed by atoms with Gasteiger partial charge in [0.05, 0.1) is 0 Å². The predicted molar refractivity (Wildman–Crippen MR) is 49.0 cm³/mol. The number of hydrogen-bond donors (Lipinski definition) is 0. The van der Waals surface area contributed by atoms with Crippen molar-refractivity contribution in [3.05, 3.63) is 0 Å². The van der Waals surface area contributed by atoms with Gasteiger partial charge in [-0.25, -0.2) is 0 Å². The Bertz CT molecular complexity index is 151. The lowest BCUT2D eigenvalue weighted by Gasteiger charge is -2.33. The molecule has 1 aliphatic rings. The van der Waals surface area contributed by atoms with Crippen LogP contribution >= 0.6 is 0 Å². The average molecular weight is 170 g/mol. The Morgan fingerprint density at radius 3 is 2.17 bits per heavy atom. The lowest BCUT2D eigenvalue weighted by molar-refractivity contribution is -0.132. The van der Waals surface area contributed by atoms with E-state index in [0.29, 0.717) is 12.3 Å². The zero-order valence-corrected chi connectivity index (χ0v) is 8.05. The molecule has 3 nitrogen and oxygen atoms in total. The molecule has 1 heterocycles. The van der Waals surface area contributed by atoms with Gasteiger partial charge in [0.15, 0.2) is 0 Å². The quantitative estimate of drug-likeness (QED) is 0.604. The van der Waals surface area contributed by atoms with Crippen LogP contribution in [0.2, 0.25) is 0 Å². The molecular formula is C9H18N2O. The van der Waals surface area contributed by atoms with Gasteiger partial charge in [0.2, 0.25) is 5.91 Å². The van der Waals surface area contributed by atoms with Crippen LogP contribution in [-0.2, 0) is 4.79 Å². The average Bonchev–Trinajstić information content (AvgIpc) is 2.17. The van der Waals surface area contributed by atoms with Crippen LogP contribution in [0.3, 0.4) is 0 Å². The largest absolute Gasteiger partial charge is 0.340 e. The highest BCUT2D eigenvalue weighted by Gasteiger charge is 2.18. The summed E-state index contributed by atoms with van der Waals surface area (Å²) < 4.78 is 0. The van der Waals surface area contributed by atoms with Crippen LogP contribution in [0, 0.1) is 0 Å². The molecule has 70 valence electrons. The fourth-order valence-electron chi connectivity index (χ4n) is 1.54. The molecule has 0 aromatic rings. The Morgan fingerprint density at radius 1 is 1.17 bits per heavy atom. The molecule has 0 unspecified atom stereocenters. The first-order chi connectivity index (χ1) is 5.77. The van der Waals surface area contributed by atoms with Crippen molar-refractivity contribution >= 4 is 5.91 Å². The maximum atomic E-state index is 11.3. The molecule has 0 saturated carbocycles. The first-order valence-corrected chi connectivity index (χ1v) is 4.78. The van der Waals surface area contributed by atoms with Gasteiger partial charge in [0, 0.05) is 32.6 Å². The van der Waals surface area contributed by atoms with Crippen molar-refractivity contribution in [1.29, 1.82) is 0 Å². The lowest BCUT2D eigenvalue weighted by atomic mass is 10.3. The van der Waals surface area contributed by atoms with Crippen molar-refractivity contribution in [1.82, 2.24) is 9.80 Å². The van der Waals surface area contributed by atoms with Crippen LogP contribution in [0.15, 0.2) is 0 Å². The van der Waals surface area contributed by atoms with Crippen molar-refractivity contribution in [2.45, 2.75) is 20.3 Å². The van der Waals surface area contributed by atoms with Gasteiger partial charge in [0.1, 0.15) is 0 Å². The van der Waals surface area contributed by atoms with Gasteiger partial charge >= 0.3 is 0 Å². The van der Waals surface area contributed by atoms with Crippen LogP contribution in [0.5, 0.6) is 0 Å². The molecule has 12 heavy (non-hydrogen) atoms. The summed E-state index contributed by atoms with van der Waals surface area (Å²) in [7, 11) is 0. The lowest BCUT2D eigenvalue weighted by Crippen LogP contribution is -2.48. The summed E-state index contributed by atoms with van der Waals surface area (Å²) in [5.41, 5.74) is 0. The van der Waals surface area contributed by atoms with E-state index >= 15 is 0 Å². The summed E-state index contributed by atoms with van der Waals surface area (Å²) in [6.45, 7) is 9.12. The fraction of sp³-hybridized carbons (Fsp3) is 0.889. The van der Waals surface area contributed by atoms with E-state index in [2.05, 4.69) is 11.8 Å². The maximum Gasteiger partial charge on any atom is 0.222 e. The molecule has 1 rings (SSSR count). The first kappa shape index (κ1) is 9.52. The zero-order valence-electron chi connectivity index (χ0n) is 8.05. The van der Waals surface area contributed by atoms with E-state index in [4.69, 9.17) is 0 Å². The molecule has 1 fully saturated rings. The van der Waals surface area contributed by atoms with E-state index in [9.17, 15) is 4.79 Å². The van der Waals surface area contributed by atoms with E-state index in [1.54, 1.807) is 0 Å². The van der Waals surface area contributed by atoms with Crippen molar-refractivity contribution in [2.24, 2.45) is 0 Å². The molecule has 0 aliphatic carbocycles. The van der Waals surface area contributed by atoms with E-state index in [0.717, 1.165) is 32.7 Å². The Labute approximate surface area is 74.3 Å². The van der Waals surface area contributed by atoms with Gasteiger partial charge in [-0.2, -0.15) is 0 Å². The van der Waals surface area contributed by atoms with E-state index in [1.165, 1.54) is 0 Å². The first-order valence-electron chi connectivity index (χ1n) is 4.78. The third-order valence-electron chi connectivity index (χ3n) is 2.47. The summed E-state index contributed by atoms with van der Waals surface area (Å²) in [4.78, 5) is 15.6. The highest BCUT2D eigenvalue weighted by molar-refractivity contribution is 5.75. The van der Waals surface area contributed by atoms with E-state index < -0.39 is 0 Å². The van der Waals surface area contributed by atoms with Crippen molar-refractivity contribution in [2.75, 3.05) is 32.7 Å². The Kier molecular flexibility index (Phi) is 3.53. The third-order valence-corrected chi connectivity index (χ3v) is 2.47. The van der Waals surface area contributed by atoms with Crippen LogP contribution in [0.25, 0.3) is 0 Å². The molecule has 1 amide bonds. The summed E-state index contributed by atoms with van der Waals surface area (Å²) >= 11 is 0. The fourth-order valence-corrected chi connectivity index (χ4v) is 1.54. The smallest absolute Gasteiger partial charge is 0.222 e. The number of carbonyl (C=O) groups is 1. The molecule has 0 radical (unpaired) electrons. The second kappa shape index (κ2) is 4.45. The molecule has 1 saturated heterocycles. The minimum absolute atomic E-state index is 0.297. The molecule has 0 N–H and O–H groups in total. The van der Waals surface area contributed by atoms with Crippen molar-refractivity contribution < 1.29 is 4.79 Å². The molecular weight excluding hydrogens is 152 g/mol. The number of carbonyl (C=O) groups excluding carboxylic acids is 1. The van der Waals surface area contributed by atoms with Gasteiger partial charge in [-0.3, -0.25) is 4.79 Å². The number of likely N-dealkylation sites (N-methyl/N-ethyl adjacent to an activating group) is 1. The topological polar surface area (TPSA) is 23.6 Å². The normalized spacial score (nSPS) is 19.7. The van der Waals surface area contributed by atoms with Gasteiger partial charge < -0.3 is 9.80 Å². The summed E-state index contributed by atoms with van der Waals surface area (Å²) in [5, 5.41) is 0. The molecule has 0 bridgehead atoms. The molecule has 3 heteroatoms. The van der Waals surface area contributed by atoms with Gasteiger partial charge in [-0.05, 0) is 6.54 Å². The minimum atomic E-state index is 0.297. The number of nitrogens with zero attached hydrogens (tertiary/aromatic N) is 2. The highest BCUT2D eigenvalue weighted by atomic mass is 16.2. The molecule has 1 aliphatic heterocycles. The number of amides is 1. The maximum absolute atomic E-state index is 11.3. The van der Waals surface area contributed by atoms with E-state index in [1.807, 2.05) is 11.8 Å². The zero-order chi connectivity index (χ0) is 8.97. The van der Waals surface area contributed by atoms with Crippen molar-refractivity contribution in [3.8, 4) is 0 Å². The molecule has 0 spiro atoms. The van der Waals surface area contributed by atoms with Crippen LogP contribution < -0.4 is 0 Å². The van der Waals surface area contributed by atoms with Crippen LogP contribution in [0.1, 0.15) is 20.3 Å². The molecule has 0 aromatic heterocycles. The van der Waals surface area contributed by atoms with Gasteiger partial charge in [-0.15, -0.1) is 0 Å². The predicted octanol–water partition coefficient (Wildman–Crippen LogP) is 0.560. The number of hydrogen-bond acceptors (Lipinski definition) is 2. The highest BCUT2D eigenvalue weighted by Crippen LogP contribution is 2.02. The monoisotopic (exact) mass is 170 g/mol. The summed E-state index contributed by atoms with van der Waals surface area (Å²) in [5.74, 6) is 0.297. The second-order valence-corrected chi connectivity index (χ2v) is 3.17. The number of rotatable bonds is 2. The number of piperazine rings is 1. The minimum Gasteiger partial charge on any atom is -0.340 e. The van der Waals surface area contributed by atoms with Gasteiger partial charge in [-0.1, -0.05) is 13.8 Å². The molecule has 0 atom stereocenters. The Hall–Kier alpha value is -0.570.